The van der Waals surface area contributed by atoms with Gasteiger partial charge in [0.05, 0.1) is 5.75 Å². The van der Waals surface area contributed by atoms with Gasteiger partial charge in [0.25, 0.3) is 5.56 Å². The molecule has 0 aliphatic carbocycles. The van der Waals surface area contributed by atoms with Crippen LogP contribution in [0.15, 0.2) is 40.3 Å². The molecule has 0 atom stereocenters. The van der Waals surface area contributed by atoms with Crippen LogP contribution in [-0.4, -0.2) is 32.5 Å². The molecular weight excluding hydrogens is 306 g/mol. The minimum Gasteiger partial charge on any atom is -0.492 e. The third-order valence-corrected chi connectivity index (χ3v) is 3.49. The van der Waals surface area contributed by atoms with Gasteiger partial charge in [0.15, 0.2) is 16.6 Å². The van der Waals surface area contributed by atoms with Crippen LogP contribution in [0, 0.1) is 0 Å². The van der Waals surface area contributed by atoms with Gasteiger partial charge in [0.1, 0.15) is 0 Å². The van der Waals surface area contributed by atoms with Crippen LogP contribution in [0.25, 0.3) is 0 Å². The number of ketones is 1. The van der Waals surface area contributed by atoms with Gasteiger partial charge < -0.3 is 10.4 Å². The number of hydrogen-bond donors (Lipinski definition) is 3. The van der Waals surface area contributed by atoms with Gasteiger partial charge in [-0.1, -0.05) is 42.1 Å². The van der Waals surface area contributed by atoms with Gasteiger partial charge in [-0.2, -0.15) is 4.98 Å². The Hall–Kier alpha value is -2.61. The van der Waals surface area contributed by atoms with Gasteiger partial charge in [-0.25, -0.2) is 0 Å². The van der Waals surface area contributed by atoms with Crippen LogP contribution in [0.3, 0.4) is 0 Å². The quantitative estimate of drug-likeness (QED) is 0.436. The van der Waals surface area contributed by atoms with Crippen molar-refractivity contribution in [2.24, 2.45) is 0 Å². The molecule has 0 saturated heterocycles. The predicted octanol–water partition coefficient (Wildman–Crippen LogP) is 1.41. The van der Waals surface area contributed by atoms with E-state index in [1.54, 1.807) is 24.3 Å². The summed E-state index contributed by atoms with van der Waals surface area (Å²) < 4.78 is 0. The van der Waals surface area contributed by atoms with Gasteiger partial charge in [-0.15, -0.1) is 0 Å². The van der Waals surface area contributed by atoms with E-state index in [1.807, 2.05) is 6.07 Å². The first-order chi connectivity index (χ1) is 10.5. The van der Waals surface area contributed by atoms with Gasteiger partial charge >= 0.3 is 0 Å². The summed E-state index contributed by atoms with van der Waals surface area (Å²) >= 11 is 0.990. The molecule has 1 amide bonds. The fourth-order valence-corrected chi connectivity index (χ4v) is 2.39. The largest absolute Gasteiger partial charge is 0.492 e. The first kappa shape index (κ1) is 15.8. The molecule has 1 aromatic carbocycles. The van der Waals surface area contributed by atoms with Crippen LogP contribution < -0.4 is 10.9 Å². The summed E-state index contributed by atoms with van der Waals surface area (Å²) in [5, 5.41) is 11.9. The highest BCUT2D eigenvalue weighted by Crippen LogP contribution is 2.20. The number of anilines is 1. The third kappa shape index (κ3) is 3.95. The lowest BCUT2D eigenvalue weighted by atomic mass is 10.2. The number of benzene rings is 1. The Morgan fingerprint density at radius 3 is 2.59 bits per heavy atom. The average molecular weight is 319 g/mol. The fraction of sp³-hybridized carbons (Fsp3) is 0.143. The second kappa shape index (κ2) is 6.90. The summed E-state index contributed by atoms with van der Waals surface area (Å²) in [6.07, 6.45) is 0. The molecular formula is C14H13N3O4S. The maximum Gasteiger partial charge on any atom is 0.279 e. The summed E-state index contributed by atoms with van der Waals surface area (Å²) in [6, 6.07) is 8.70. The van der Waals surface area contributed by atoms with E-state index >= 15 is 0 Å². The zero-order valence-corrected chi connectivity index (χ0v) is 12.4. The lowest BCUT2D eigenvalue weighted by Crippen LogP contribution is -2.19. The third-order valence-electron chi connectivity index (χ3n) is 2.62. The summed E-state index contributed by atoms with van der Waals surface area (Å²) in [7, 11) is 0. The minimum absolute atomic E-state index is 0.0614. The SMILES string of the molecule is CC(=O)Nc1c(O)nc(SCC(=O)c2ccccc2)[nH]c1=O. The number of nitrogens with zero attached hydrogens (tertiary/aromatic N) is 1. The van der Waals surface area contributed by atoms with E-state index in [0.717, 1.165) is 11.8 Å². The van der Waals surface area contributed by atoms with Gasteiger partial charge in [0, 0.05) is 12.5 Å². The Balaban J connectivity index is 2.10. The number of aromatic amines is 1. The van der Waals surface area contributed by atoms with E-state index in [9.17, 15) is 19.5 Å². The van der Waals surface area contributed by atoms with Crippen LogP contribution in [0.4, 0.5) is 5.69 Å². The first-order valence-corrected chi connectivity index (χ1v) is 7.28. The number of thioether (sulfide) groups is 1. The molecule has 7 nitrogen and oxygen atoms in total. The first-order valence-electron chi connectivity index (χ1n) is 6.29. The van der Waals surface area contributed by atoms with Crippen molar-refractivity contribution >= 4 is 29.1 Å². The Morgan fingerprint density at radius 1 is 1.32 bits per heavy atom. The molecule has 0 unspecified atom stereocenters. The number of aromatic hydroxyl groups is 1. The molecule has 114 valence electrons. The second-order valence-corrected chi connectivity index (χ2v) is 5.29. The van der Waals surface area contributed by atoms with Gasteiger partial charge in [0.2, 0.25) is 11.8 Å². The average Bonchev–Trinajstić information content (AvgIpc) is 2.49. The summed E-state index contributed by atoms with van der Waals surface area (Å²) in [6.45, 7) is 1.21. The van der Waals surface area contributed by atoms with E-state index in [2.05, 4.69) is 15.3 Å². The Bertz CT molecular complexity index is 758. The number of carbonyl (C=O) groups is 2. The van der Waals surface area contributed by atoms with Crippen molar-refractivity contribution in [2.45, 2.75) is 12.1 Å². The standard InChI is InChI=1S/C14H13N3O4S/c1-8(18)15-11-12(20)16-14(17-13(11)21)22-7-10(19)9-5-3-2-4-6-9/h2-6H,7H2,1H3,(H,15,18)(H2,16,17,20,21). The highest BCUT2D eigenvalue weighted by molar-refractivity contribution is 7.99. The number of H-pyrrole nitrogens is 1. The fourth-order valence-electron chi connectivity index (χ4n) is 1.64. The van der Waals surface area contributed by atoms with Crippen LogP contribution in [0.2, 0.25) is 0 Å². The zero-order chi connectivity index (χ0) is 16.1. The van der Waals surface area contributed by atoms with Crippen molar-refractivity contribution in [1.29, 1.82) is 0 Å². The van der Waals surface area contributed by atoms with Crippen molar-refractivity contribution < 1.29 is 14.7 Å². The highest BCUT2D eigenvalue weighted by Gasteiger charge is 2.13. The molecule has 0 bridgehead atoms. The van der Waals surface area contributed by atoms with Crippen LogP contribution >= 0.6 is 11.8 Å². The Labute approximate surface area is 129 Å². The lowest BCUT2D eigenvalue weighted by Gasteiger charge is -2.05. The molecule has 0 saturated carbocycles. The molecule has 0 spiro atoms. The van der Waals surface area contributed by atoms with Crippen LogP contribution in [0.1, 0.15) is 17.3 Å². The summed E-state index contributed by atoms with van der Waals surface area (Å²) in [5.74, 6) is -1.15. The highest BCUT2D eigenvalue weighted by atomic mass is 32.2. The molecule has 2 aromatic rings. The maximum atomic E-state index is 11.9. The van der Waals surface area contributed by atoms with E-state index in [-0.39, 0.29) is 22.4 Å². The monoisotopic (exact) mass is 319 g/mol. The number of aromatic nitrogens is 2. The van der Waals surface area contributed by atoms with Crippen molar-refractivity contribution in [2.75, 3.05) is 11.1 Å². The van der Waals surface area contributed by atoms with Crippen molar-refractivity contribution in [3.8, 4) is 5.88 Å². The van der Waals surface area contributed by atoms with E-state index < -0.39 is 17.3 Å². The summed E-state index contributed by atoms with van der Waals surface area (Å²) in [4.78, 5) is 40.8. The number of amides is 1. The van der Waals surface area contributed by atoms with E-state index in [0.29, 0.717) is 5.56 Å². The number of nitrogens with one attached hydrogen (secondary N) is 2. The van der Waals surface area contributed by atoms with Gasteiger partial charge in [-0.3, -0.25) is 19.4 Å². The van der Waals surface area contributed by atoms with Crippen LogP contribution in [0.5, 0.6) is 5.88 Å². The number of carbonyl (C=O) groups excluding carboxylic acids is 2. The molecule has 1 aromatic heterocycles. The Kier molecular flexibility index (Phi) is 4.95. The molecule has 8 heteroatoms. The molecule has 1 heterocycles. The van der Waals surface area contributed by atoms with E-state index in [1.165, 1.54) is 6.92 Å². The summed E-state index contributed by atoms with van der Waals surface area (Å²) in [5.41, 5.74) is -0.444. The Morgan fingerprint density at radius 2 is 2.00 bits per heavy atom. The van der Waals surface area contributed by atoms with Crippen molar-refractivity contribution in [3.05, 3.63) is 46.2 Å². The number of hydrogen-bond acceptors (Lipinski definition) is 6. The molecule has 22 heavy (non-hydrogen) atoms. The molecule has 2 rings (SSSR count). The molecule has 0 aliphatic rings. The van der Waals surface area contributed by atoms with Crippen molar-refractivity contribution in [1.82, 2.24) is 9.97 Å². The molecule has 0 radical (unpaired) electrons. The van der Waals surface area contributed by atoms with Crippen LogP contribution in [-0.2, 0) is 4.79 Å². The maximum absolute atomic E-state index is 11.9. The molecule has 0 fully saturated rings. The smallest absolute Gasteiger partial charge is 0.279 e. The normalized spacial score (nSPS) is 10.2. The van der Waals surface area contributed by atoms with Crippen molar-refractivity contribution in [3.63, 3.8) is 0 Å². The van der Waals surface area contributed by atoms with E-state index in [4.69, 9.17) is 0 Å². The predicted molar refractivity (Wildman–Crippen MR) is 82.3 cm³/mol. The zero-order valence-electron chi connectivity index (χ0n) is 11.6. The number of rotatable bonds is 5. The minimum atomic E-state index is -0.683. The molecule has 0 aliphatic heterocycles. The van der Waals surface area contributed by atoms with Gasteiger partial charge in [-0.05, 0) is 0 Å². The topological polar surface area (TPSA) is 112 Å². The molecule has 3 N–H and O–H groups in total. The second-order valence-electron chi connectivity index (χ2n) is 4.33. The lowest BCUT2D eigenvalue weighted by molar-refractivity contribution is -0.114. The number of Topliss-reactive ketones (excluding diaryl/α,β-unsaturated/α-hetero) is 1.